The van der Waals surface area contributed by atoms with Crippen LogP contribution in [0.5, 0.6) is 0 Å². The fraction of sp³-hybridized carbons (Fsp3) is 0.812. The number of carbonyl (C=O) groups is 3. The van der Waals surface area contributed by atoms with Crippen LogP contribution >= 0.6 is 0 Å². The molecule has 20 heteroatoms. The van der Waals surface area contributed by atoms with E-state index in [0.717, 1.165) is 0 Å². The third-order valence-corrected chi connectivity index (χ3v) is 5.06. The summed E-state index contributed by atoms with van der Waals surface area (Å²) in [6.45, 7) is -5.13. The number of rotatable bonds is 7. The lowest BCUT2D eigenvalue weighted by atomic mass is 9.92. The Labute approximate surface area is 196 Å². The van der Waals surface area contributed by atoms with E-state index in [1.165, 1.54) is 0 Å². The van der Waals surface area contributed by atoms with Crippen molar-refractivity contribution >= 4 is 28.0 Å². The average molecular weight is 570 g/mol. The third kappa shape index (κ3) is 9.28. The van der Waals surface area contributed by atoms with Gasteiger partial charge in [-0.3, -0.25) is 4.55 Å². The highest BCUT2D eigenvalue weighted by atomic mass is 32.2. The molecule has 0 aromatic heterocycles. The fourth-order valence-corrected chi connectivity index (χ4v) is 2.65. The predicted octanol–water partition coefficient (Wildman–Crippen LogP) is 1.75. The first-order valence-corrected chi connectivity index (χ1v) is 10.9. The minimum atomic E-state index is -6.28. The molecule has 1 heterocycles. The summed E-state index contributed by atoms with van der Waals surface area (Å²) in [5, 5.41) is -5.45. The van der Waals surface area contributed by atoms with Gasteiger partial charge in [0.05, 0.1) is 18.6 Å². The minimum Gasteiger partial charge on any atom is -0.458 e. The Kier molecular flexibility index (Phi) is 10.4. The van der Waals surface area contributed by atoms with E-state index in [2.05, 4.69) is 14.2 Å². The maximum absolute atomic E-state index is 13.5. The number of carbonyl (C=O) groups excluding carboxylic acids is 3. The minimum absolute atomic E-state index is 0.00844. The van der Waals surface area contributed by atoms with Gasteiger partial charge in [0.15, 0.2) is 0 Å². The first-order chi connectivity index (χ1) is 16.2. The van der Waals surface area contributed by atoms with Gasteiger partial charge in [-0.1, -0.05) is 0 Å². The summed E-state index contributed by atoms with van der Waals surface area (Å²) in [5.74, 6) is -8.39. The summed E-state index contributed by atoms with van der Waals surface area (Å²) >= 11 is 0. The summed E-state index contributed by atoms with van der Waals surface area (Å²) in [5.41, 5.74) is -2.31. The van der Waals surface area contributed by atoms with Gasteiger partial charge in [-0.05, 0) is 12.8 Å². The molecule has 0 amide bonds. The van der Waals surface area contributed by atoms with Gasteiger partial charge in [-0.25, -0.2) is 14.4 Å². The van der Waals surface area contributed by atoms with Gasteiger partial charge in [0, 0.05) is 13.0 Å². The molecule has 1 atom stereocenters. The molecular formula is C16H18F8O11S. The van der Waals surface area contributed by atoms with E-state index in [1.807, 2.05) is 0 Å². The van der Waals surface area contributed by atoms with E-state index < -0.39 is 90.2 Å². The maximum atomic E-state index is 13.5. The molecule has 0 bridgehead atoms. The molecular weight excluding hydrogens is 552 g/mol. The lowest BCUT2D eigenvalue weighted by Crippen LogP contribution is -2.47. The molecule has 0 spiro atoms. The molecule has 1 N–H and O–H groups in total. The summed E-state index contributed by atoms with van der Waals surface area (Å²) in [4.78, 5) is 33.7. The van der Waals surface area contributed by atoms with Crippen molar-refractivity contribution in [3.63, 3.8) is 0 Å². The zero-order chi connectivity index (χ0) is 28.0. The van der Waals surface area contributed by atoms with Gasteiger partial charge in [-0.15, -0.1) is 0 Å². The quantitative estimate of drug-likeness (QED) is 0.206. The Hall–Kier alpha value is -2.32. The fourth-order valence-electron chi connectivity index (χ4n) is 2.39. The topological polar surface area (TPSA) is 152 Å². The molecule has 1 aliphatic heterocycles. The summed E-state index contributed by atoms with van der Waals surface area (Å²) in [7, 11) is -6.28. The first kappa shape index (κ1) is 31.7. The highest BCUT2D eigenvalue weighted by Gasteiger charge is 2.55. The first-order valence-electron chi connectivity index (χ1n) is 9.44. The van der Waals surface area contributed by atoms with Crippen LogP contribution in [0, 0.1) is 5.41 Å². The van der Waals surface area contributed by atoms with Crippen LogP contribution in [0.25, 0.3) is 0 Å². The molecule has 1 unspecified atom stereocenters. The van der Waals surface area contributed by atoms with E-state index >= 15 is 0 Å². The molecule has 210 valence electrons. The molecule has 0 aromatic carbocycles. The maximum Gasteiger partial charge on any atom is 0.490 e. The second-order valence-corrected chi connectivity index (χ2v) is 8.80. The van der Waals surface area contributed by atoms with Gasteiger partial charge in [0.1, 0.15) is 13.2 Å². The third-order valence-electron chi connectivity index (χ3n) is 4.24. The zero-order valence-electron chi connectivity index (χ0n) is 17.7. The van der Waals surface area contributed by atoms with Gasteiger partial charge < -0.3 is 23.7 Å². The SMILES string of the molecule is O=C(OCC1(COC(=O)C(F)(F)F)COCCCCC(OC(=O)C(F)(F)S(=O)(=O)O)OC1)C(F)(F)F. The van der Waals surface area contributed by atoms with E-state index in [9.17, 15) is 57.9 Å². The molecule has 1 fully saturated rings. The van der Waals surface area contributed by atoms with E-state index in [1.54, 1.807) is 0 Å². The monoisotopic (exact) mass is 570 g/mol. The van der Waals surface area contributed by atoms with E-state index in [-0.39, 0.29) is 19.4 Å². The lowest BCUT2D eigenvalue weighted by Gasteiger charge is -2.34. The van der Waals surface area contributed by atoms with Crippen molar-refractivity contribution in [1.29, 1.82) is 0 Å². The van der Waals surface area contributed by atoms with Crippen molar-refractivity contribution in [2.45, 2.75) is 43.2 Å². The van der Waals surface area contributed by atoms with Crippen LogP contribution in [0.2, 0.25) is 0 Å². The Morgan fingerprint density at radius 1 is 0.861 bits per heavy atom. The van der Waals surface area contributed by atoms with Crippen LogP contribution in [0.3, 0.4) is 0 Å². The Balaban J connectivity index is 3.17. The van der Waals surface area contributed by atoms with Crippen molar-refractivity contribution in [1.82, 2.24) is 0 Å². The average Bonchev–Trinajstić information content (AvgIpc) is 2.73. The smallest absolute Gasteiger partial charge is 0.458 e. The predicted molar refractivity (Wildman–Crippen MR) is 93.5 cm³/mol. The van der Waals surface area contributed by atoms with Crippen LogP contribution in [0.15, 0.2) is 0 Å². The molecule has 1 rings (SSSR count). The highest BCUT2D eigenvalue weighted by Crippen LogP contribution is 2.29. The Bertz CT molecular complexity index is 871. The van der Waals surface area contributed by atoms with Crippen molar-refractivity contribution in [3.8, 4) is 0 Å². The Morgan fingerprint density at radius 2 is 1.36 bits per heavy atom. The summed E-state index contributed by atoms with van der Waals surface area (Å²) < 4.78 is 154. The van der Waals surface area contributed by atoms with Crippen molar-refractivity contribution in [3.05, 3.63) is 0 Å². The number of hydrogen-bond donors (Lipinski definition) is 1. The van der Waals surface area contributed by atoms with Crippen molar-refractivity contribution in [2.24, 2.45) is 5.41 Å². The highest BCUT2D eigenvalue weighted by molar-refractivity contribution is 7.87. The van der Waals surface area contributed by atoms with Crippen LogP contribution in [-0.2, 0) is 48.2 Å². The van der Waals surface area contributed by atoms with Crippen LogP contribution in [0.4, 0.5) is 35.1 Å². The number of hydrogen-bond acceptors (Lipinski definition) is 10. The summed E-state index contributed by atoms with van der Waals surface area (Å²) in [6, 6.07) is 0. The van der Waals surface area contributed by atoms with E-state index in [4.69, 9.17) is 14.0 Å². The molecule has 1 saturated heterocycles. The lowest BCUT2D eigenvalue weighted by molar-refractivity contribution is -0.225. The molecule has 1 aliphatic rings. The standard InChI is InChI=1S/C16H18F8O11S/c17-14(18,19)10(25)33-7-13(8-34-11(26)15(20,21)22)5-31-4-2-1-3-9(32-6-13)35-12(27)16(23,24)36(28,29)30/h9H,1-8H2,(H,28,29,30). The molecule has 0 aliphatic carbocycles. The van der Waals surface area contributed by atoms with Crippen LogP contribution < -0.4 is 0 Å². The van der Waals surface area contributed by atoms with Crippen LogP contribution in [-0.4, -0.2) is 87.8 Å². The number of esters is 3. The molecule has 11 nitrogen and oxygen atoms in total. The van der Waals surface area contributed by atoms with E-state index in [0.29, 0.717) is 0 Å². The summed E-state index contributed by atoms with van der Waals surface area (Å²) in [6.07, 6.45) is -13.6. The molecule has 0 saturated carbocycles. The van der Waals surface area contributed by atoms with Crippen molar-refractivity contribution < 1.29 is 86.2 Å². The normalized spacial score (nSPS) is 20.2. The van der Waals surface area contributed by atoms with Gasteiger partial charge >= 0.3 is 45.6 Å². The second kappa shape index (κ2) is 11.8. The molecule has 0 radical (unpaired) electrons. The number of alkyl halides is 8. The molecule has 0 aromatic rings. The van der Waals surface area contributed by atoms with Gasteiger partial charge in [-0.2, -0.15) is 43.5 Å². The second-order valence-electron chi connectivity index (χ2n) is 7.33. The largest absolute Gasteiger partial charge is 0.490 e. The van der Waals surface area contributed by atoms with Gasteiger partial charge in [0.2, 0.25) is 6.29 Å². The number of halogens is 8. The van der Waals surface area contributed by atoms with Crippen LogP contribution in [0.1, 0.15) is 19.3 Å². The Morgan fingerprint density at radius 3 is 1.81 bits per heavy atom. The molecule has 36 heavy (non-hydrogen) atoms. The zero-order valence-corrected chi connectivity index (χ0v) is 18.5. The van der Waals surface area contributed by atoms with Crippen molar-refractivity contribution in [2.75, 3.05) is 33.0 Å². The number of ether oxygens (including phenoxy) is 5. The van der Waals surface area contributed by atoms with Gasteiger partial charge in [0.25, 0.3) is 0 Å².